The van der Waals surface area contributed by atoms with Gasteiger partial charge in [-0.1, -0.05) is 12.1 Å². The zero-order chi connectivity index (χ0) is 13.9. The third-order valence-corrected chi connectivity index (χ3v) is 3.80. The molecule has 0 unspecified atom stereocenters. The standard InChI is InChI=1S/C10H11N5O3S/c1-11-19(17,18)8-5-3-2-4-7(8)14-10(16)9-12-6-13-15-9/h2-6,11H,1H3,(H,14,16)(H,12,13,15). The minimum Gasteiger partial charge on any atom is -0.318 e. The zero-order valence-corrected chi connectivity index (χ0v) is 10.7. The number of hydrogen-bond acceptors (Lipinski definition) is 5. The van der Waals surface area contributed by atoms with E-state index in [4.69, 9.17) is 0 Å². The zero-order valence-electron chi connectivity index (χ0n) is 9.91. The summed E-state index contributed by atoms with van der Waals surface area (Å²) < 4.78 is 25.8. The third-order valence-electron chi connectivity index (χ3n) is 2.32. The molecular formula is C10H11N5O3S. The number of anilines is 1. The smallest absolute Gasteiger partial charge is 0.293 e. The van der Waals surface area contributed by atoms with Crippen molar-refractivity contribution in [3.63, 3.8) is 0 Å². The summed E-state index contributed by atoms with van der Waals surface area (Å²) in [6, 6.07) is 6.05. The van der Waals surface area contributed by atoms with E-state index in [9.17, 15) is 13.2 Å². The first-order chi connectivity index (χ1) is 9.04. The number of amides is 1. The summed E-state index contributed by atoms with van der Waals surface area (Å²) in [5.74, 6) is -0.576. The number of aromatic amines is 1. The first-order valence-corrected chi connectivity index (χ1v) is 6.72. The molecule has 1 heterocycles. The predicted octanol–water partition coefficient (Wildman–Crippen LogP) is -0.0349. The highest BCUT2D eigenvalue weighted by atomic mass is 32.2. The highest BCUT2D eigenvalue weighted by Crippen LogP contribution is 2.20. The summed E-state index contributed by atoms with van der Waals surface area (Å²) >= 11 is 0. The molecule has 100 valence electrons. The van der Waals surface area contributed by atoms with Gasteiger partial charge in [0, 0.05) is 0 Å². The lowest BCUT2D eigenvalue weighted by atomic mass is 10.3. The SMILES string of the molecule is CNS(=O)(=O)c1ccccc1NC(=O)c1ncn[nH]1. The van der Waals surface area contributed by atoms with Crippen LogP contribution in [0.25, 0.3) is 0 Å². The fraction of sp³-hybridized carbons (Fsp3) is 0.100. The molecule has 1 aromatic carbocycles. The Balaban J connectivity index is 2.34. The Kier molecular flexibility index (Phi) is 3.58. The van der Waals surface area contributed by atoms with Crippen molar-refractivity contribution in [2.75, 3.05) is 12.4 Å². The number of benzene rings is 1. The molecule has 0 spiro atoms. The summed E-state index contributed by atoms with van der Waals surface area (Å²) in [4.78, 5) is 15.4. The number of nitrogens with one attached hydrogen (secondary N) is 3. The Labute approximate surface area is 109 Å². The molecule has 19 heavy (non-hydrogen) atoms. The molecule has 1 aromatic heterocycles. The summed E-state index contributed by atoms with van der Waals surface area (Å²) in [5, 5.41) is 8.40. The Morgan fingerprint density at radius 1 is 1.32 bits per heavy atom. The molecule has 0 saturated carbocycles. The summed E-state index contributed by atoms with van der Waals surface area (Å²) in [5.41, 5.74) is 0.165. The van der Waals surface area contributed by atoms with E-state index in [-0.39, 0.29) is 16.4 Å². The normalized spacial score (nSPS) is 11.2. The van der Waals surface area contributed by atoms with Crippen molar-refractivity contribution >= 4 is 21.6 Å². The maximum absolute atomic E-state index is 11.8. The van der Waals surface area contributed by atoms with E-state index in [0.29, 0.717) is 0 Å². The van der Waals surface area contributed by atoms with Crippen LogP contribution < -0.4 is 10.0 Å². The number of sulfonamides is 1. The number of hydrogen-bond donors (Lipinski definition) is 3. The fourth-order valence-electron chi connectivity index (χ4n) is 1.41. The van der Waals surface area contributed by atoms with Crippen molar-refractivity contribution in [1.29, 1.82) is 0 Å². The van der Waals surface area contributed by atoms with Crippen LogP contribution in [-0.4, -0.2) is 36.6 Å². The van der Waals surface area contributed by atoms with Crippen LogP contribution in [0, 0.1) is 0 Å². The van der Waals surface area contributed by atoms with Gasteiger partial charge in [-0.25, -0.2) is 18.1 Å². The van der Waals surface area contributed by atoms with Gasteiger partial charge in [0.1, 0.15) is 11.2 Å². The van der Waals surface area contributed by atoms with Crippen LogP contribution in [0.1, 0.15) is 10.6 Å². The molecule has 2 rings (SSSR count). The highest BCUT2D eigenvalue weighted by molar-refractivity contribution is 7.89. The average molecular weight is 281 g/mol. The van der Waals surface area contributed by atoms with E-state index in [1.165, 1.54) is 25.5 Å². The van der Waals surface area contributed by atoms with Crippen LogP contribution in [0.5, 0.6) is 0 Å². The van der Waals surface area contributed by atoms with Crippen molar-refractivity contribution in [2.24, 2.45) is 0 Å². The Morgan fingerprint density at radius 2 is 2.05 bits per heavy atom. The molecule has 1 amide bonds. The van der Waals surface area contributed by atoms with Crippen LogP contribution in [0.3, 0.4) is 0 Å². The van der Waals surface area contributed by atoms with E-state index in [2.05, 4.69) is 25.2 Å². The quantitative estimate of drug-likeness (QED) is 0.727. The van der Waals surface area contributed by atoms with E-state index in [0.717, 1.165) is 0 Å². The number of carbonyl (C=O) groups excluding carboxylic acids is 1. The highest BCUT2D eigenvalue weighted by Gasteiger charge is 2.18. The van der Waals surface area contributed by atoms with Gasteiger partial charge in [-0.05, 0) is 19.2 Å². The average Bonchev–Trinajstić information content (AvgIpc) is 2.93. The topological polar surface area (TPSA) is 117 Å². The van der Waals surface area contributed by atoms with E-state index < -0.39 is 15.9 Å². The number of nitrogens with zero attached hydrogens (tertiary/aromatic N) is 2. The molecule has 2 aromatic rings. The summed E-state index contributed by atoms with van der Waals surface area (Å²) in [6.07, 6.45) is 1.19. The molecule has 0 radical (unpaired) electrons. The Hall–Kier alpha value is -2.26. The lowest BCUT2D eigenvalue weighted by molar-refractivity contribution is 0.101. The third kappa shape index (κ3) is 2.77. The summed E-state index contributed by atoms with van der Waals surface area (Å²) in [6.45, 7) is 0. The van der Waals surface area contributed by atoms with Gasteiger partial charge >= 0.3 is 0 Å². The Morgan fingerprint density at radius 3 is 2.68 bits per heavy atom. The minimum absolute atomic E-state index is 0.00309. The van der Waals surface area contributed by atoms with Gasteiger partial charge in [0.2, 0.25) is 15.8 Å². The van der Waals surface area contributed by atoms with Crippen LogP contribution in [0.15, 0.2) is 35.5 Å². The molecule has 0 aliphatic carbocycles. The number of para-hydroxylation sites is 1. The number of rotatable bonds is 4. The van der Waals surface area contributed by atoms with Crippen molar-refractivity contribution in [3.05, 3.63) is 36.4 Å². The van der Waals surface area contributed by atoms with Gasteiger partial charge in [0.15, 0.2) is 0 Å². The molecular weight excluding hydrogens is 270 g/mol. The fourth-order valence-corrected chi connectivity index (χ4v) is 2.30. The van der Waals surface area contributed by atoms with Crippen molar-refractivity contribution in [3.8, 4) is 0 Å². The molecule has 9 heteroatoms. The van der Waals surface area contributed by atoms with Crippen LogP contribution >= 0.6 is 0 Å². The first-order valence-electron chi connectivity index (χ1n) is 5.24. The van der Waals surface area contributed by atoms with Gasteiger partial charge in [-0.15, -0.1) is 0 Å². The maximum Gasteiger partial charge on any atom is 0.293 e. The minimum atomic E-state index is -3.65. The lowest BCUT2D eigenvalue weighted by Crippen LogP contribution is -2.22. The molecule has 3 N–H and O–H groups in total. The summed E-state index contributed by atoms with van der Waals surface area (Å²) in [7, 11) is -2.36. The second-order valence-electron chi connectivity index (χ2n) is 3.49. The first kappa shape index (κ1) is 13.2. The van der Waals surface area contributed by atoms with E-state index >= 15 is 0 Å². The number of carbonyl (C=O) groups is 1. The van der Waals surface area contributed by atoms with Crippen LogP contribution in [-0.2, 0) is 10.0 Å². The second-order valence-corrected chi connectivity index (χ2v) is 5.35. The van der Waals surface area contributed by atoms with Gasteiger partial charge in [-0.3, -0.25) is 9.89 Å². The van der Waals surface area contributed by atoms with Crippen molar-refractivity contribution in [1.82, 2.24) is 19.9 Å². The molecule has 8 nitrogen and oxygen atoms in total. The largest absolute Gasteiger partial charge is 0.318 e. The van der Waals surface area contributed by atoms with Gasteiger partial charge < -0.3 is 5.32 Å². The molecule has 0 aliphatic rings. The van der Waals surface area contributed by atoms with Crippen molar-refractivity contribution in [2.45, 2.75) is 4.90 Å². The monoisotopic (exact) mass is 281 g/mol. The molecule has 0 atom stereocenters. The van der Waals surface area contributed by atoms with Gasteiger partial charge in [0.25, 0.3) is 5.91 Å². The number of aromatic nitrogens is 3. The molecule has 0 aliphatic heterocycles. The maximum atomic E-state index is 11.8. The van der Waals surface area contributed by atoms with Crippen molar-refractivity contribution < 1.29 is 13.2 Å². The lowest BCUT2D eigenvalue weighted by Gasteiger charge is -2.09. The van der Waals surface area contributed by atoms with Crippen LogP contribution in [0.4, 0.5) is 5.69 Å². The van der Waals surface area contributed by atoms with E-state index in [1.54, 1.807) is 12.1 Å². The Bertz CT molecular complexity index is 681. The van der Waals surface area contributed by atoms with Crippen LogP contribution in [0.2, 0.25) is 0 Å². The van der Waals surface area contributed by atoms with Gasteiger partial charge in [0.05, 0.1) is 5.69 Å². The van der Waals surface area contributed by atoms with Gasteiger partial charge in [-0.2, -0.15) is 5.10 Å². The molecule has 0 bridgehead atoms. The predicted molar refractivity (Wildman–Crippen MR) is 67.0 cm³/mol. The molecule has 0 fully saturated rings. The second kappa shape index (κ2) is 5.16. The molecule has 0 saturated heterocycles. The van der Waals surface area contributed by atoms with E-state index in [1.807, 2.05) is 0 Å². The number of H-pyrrole nitrogens is 1.